The van der Waals surface area contributed by atoms with Gasteiger partial charge in [0, 0.05) is 28.7 Å². The van der Waals surface area contributed by atoms with Crippen LogP contribution in [0.4, 0.5) is 4.39 Å². The molecule has 0 saturated carbocycles. The number of amides is 1. The molecular formula is C23H22FN5O. The molecule has 5 rings (SSSR count). The van der Waals surface area contributed by atoms with E-state index in [1.165, 1.54) is 6.07 Å². The summed E-state index contributed by atoms with van der Waals surface area (Å²) in [5, 5.41) is 5.44. The van der Waals surface area contributed by atoms with Crippen molar-refractivity contribution in [3.05, 3.63) is 82.8 Å². The number of hydrogen-bond acceptors (Lipinski definition) is 3. The number of nitrogens with one attached hydrogen (secondary N) is 1. The molecular weight excluding hydrogens is 381 g/mol. The van der Waals surface area contributed by atoms with Crippen molar-refractivity contribution in [2.75, 3.05) is 6.54 Å². The van der Waals surface area contributed by atoms with Crippen LogP contribution in [-0.4, -0.2) is 37.1 Å². The summed E-state index contributed by atoms with van der Waals surface area (Å²) in [7, 11) is 0. The average molecular weight is 403 g/mol. The van der Waals surface area contributed by atoms with Gasteiger partial charge in [-0.1, -0.05) is 36.4 Å². The van der Waals surface area contributed by atoms with Crippen LogP contribution in [0.5, 0.6) is 0 Å². The summed E-state index contributed by atoms with van der Waals surface area (Å²) >= 11 is 0. The van der Waals surface area contributed by atoms with Gasteiger partial charge in [0.2, 0.25) is 5.91 Å². The number of H-pyrrole nitrogens is 1. The molecule has 0 bridgehead atoms. The molecule has 0 unspecified atom stereocenters. The van der Waals surface area contributed by atoms with E-state index < -0.39 is 6.04 Å². The van der Waals surface area contributed by atoms with Crippen LogP contribution in [0.3, 0.4) is 0 Å². The minimum Gasteiger partial charge on any atom is -0.356 e. The molecule has 4 aromatic rings. The zero-order chi connectivity index (χ0) is 20.8. The third kappa shape index (κ3) is 2.98. The minimum absolute atomic E-state index is 0.0766. The Bertz CT molecular complexity index is 1260. The summed E-state index contributed by atoms with van der Waals surface area (Å²) in [5.74, 6) is 0.884. The number of hydrogen-bond donors (Lipinski definition) is 1. The zero-order valence-electron chi connectivity index (χ0n) is 16.9. The summed E-state index contributed by atoms with van der Waals surface area (Å²) in [6.45, 7) is 4.22. The lowest BCUT2D eigenvalue weighted by Gasteiger charge is -2.36. The highest BCUT2D eigenvalue weighted by atomic mass is 19.1. The highest BCUT2D eigenvalue weighted by Gasteiger charge is 2.36. The van der Waals surface area contributed by atoms with Gasteiger partial charge >= 0.3 is 0 Å². The van der Waals surface area contributed by atoms with Gasteiger partial charge in [0.05, 0.1) is 0 Å². The quantitative estimate of drug-likeness (QED) is 0.567. The molecule has 0 radical (unpaired) electrons. The second-order valence-corrected chi connectivity index (χ2v) is 7.69. The van der Waals surface area contributed by atoms with Crippen molar-refractivity contribution in [1.82, 2.24) is 24.6 Å². The van der Waals surface area contributed by atoms with Gasteiger partial charge in [-0.3, -0.25) is 4.79 Å². The Labute approximate surface area is 173 Å². The highest BCUT2D eigenvalue weighted by Crippen LogP contribution is 2.39. The maximum atomic E-state index is 14.9. The van der Waals surface area contributed by atoms with Crippen molar-refractivity contribution < 1.29 is 9.18 Å². The first-order valence-corrected chi connectivity index (χ1v) is 10.0. The molecule has 1 aliphatic heterocycles. The monoisotopic (exact) mass is 403 g/mol. The molecule has 2 aromatic heterocycles. The number of halogens is 1. The van der Waals surface area contributed by atoms with E-state index in [1.807, 2.05) is 31.2 Å². The second kappa shape index (κ2) is 7.09. The van der Waals surface area contributed by atoms with E-state index >= 15 is 0 Å². The number of carbonyl (C=O) groups excluding carboxylic acids is 1. The summed E-state index contributed by atoms with van der Waals surface area (Å²) < 4.78 is 16.5. The van der Waals surface area contributed by atoms with Crippen LogP contribution < -0.4 is 0 Å². The summed E-state index contributed by atoms with van der Waals surface area (Å²) in [5.41, 5.74) is 3.52. The van der Waals surface area contributed by atoms with Crippen LogP contribution in [0, 0.1) is 19.7 Å². The summed E-state index contributed by atoms with van der Waals surface area (Å²) in [6, 6.07) is 14.2. The normalized spacial score (nSPS) is 16.1. The lowest BCUT2D eigenvalue weighted by atomic mass is 9.92. The van der Waals surface area contributed by atoms with Gasteiger partial charge in [-0.25, -0.2) is 14.1 Å². The van der Waals surface area contributed by atoms with Crippen molar-refractivity contribution in [3.8, 4) is 0 Å². The zero-order valence-corrected chi connectivity index (χ0v) is 16.9. The van der Waals surface area contributed by atoms with Crippen LogP contribution in [-0.2, 0) is 17.8 Å². The van der Waals surface area contributed by atoms with E-state index in [1.54, 1.807) is 28.6 Å². The number of rotatable bonds is 3. The van der Waals surface area contributed by atoms with E-state index in [0.717, 1.165) is 22.2 Å². The number of benzene rings is 2. The first-order chi connectivity index (χ1) is 14.5. The van der Waals surface area contributed by atoms with Crippen LogP contribution in [0.1, 0.15) is 34.5 Å². The number of aryl methyl sites for hydroxylation is 2. The standard InChI is InChI=1S/C23H22FN5O/c1-14-25-15(2)29(27-14)13-21(30)28-12-11-17-16-7-4-6-10-20(16)26-22(17)23(28)18-8-3-5-9-19(18)24/h3-10,23,26H,11-13H2,1-2H3/t23-/m0/s1. The third-order valence-corrected chi connectivity index (χ3v) is 5.80. The molecule has 7 heteroatoms. The molecule has 2 aromatic carbocycles. The Morgan fingerprint density at radius 1 is 1.17 bits per heavy atom. The van der Waals surface area contributed by atoms with E-state index in [-0.39, 0.29) is 18.3 Å². The number of para-hydroxylation sites is 1. The van der Waals surface area contributed by atoms with E-state index in [9.17, 15) is 9.18 Å². The number of nitrogens with zero attached hydrogens (tertiary/aromatic N) is 4. The van der Waals surface area contributed by atoms with Gasteiger partial charge < -0.3 is 9.88 Å². The predicted molar refractivity (Wildman–Crippen MR) is 111 cm³/mol. The third-order valence-electron chi connectivity index (χ3n) is 5.80. The molecule has 152 valence electrons. The maximum Gasteiger partial charge on any atom is 0.245 e. The summed E-state index contributed by atoms with van der Waals surface area (Å²) in [4.78, 5) is 22.8. The molecule has 1 aliphatic rings. The first-order valence-electron chi connectivity index (χ1n) is 10.0. The fourth-order valence-corrected chi connectivity index (χ4v) is 4.46. The fraction of sp³-hybridized carbons (Fsp3) is 0.261. The van der Waals surface area contributed by atoms with Crippen LogP contribution >= 0.6 is 0 Å². The predicted octanol–water partition coefficient (Wildman–Crippen LogP) is 3.69. The number of aromatic nitrogens is 4. The van der Waals surface area contributed by atoms with Gasteiger partial charge in [0.25, 0.3) is 0 Å². The van der Waals surface area contributed by atoms with Crippen molar-refractivity contribution in [2.24, 2.45) is 0 Å². The number of aromatic amines is 1. The molecule has 0 aliphatic carbocycles. The minimum atomic E-state index is -0.514. The highest BCUT2D eigenvalue weighted by molar-refractivity contribution is 5.86. The van der Waals surface area contributed by atoms with E-state index in [4.69, 9.17) is 0 Å². The molecule has 1 atom stereocenters. The first kappa shape index (κ1) is 18.5. The van der Waals surface area contributed by atoms with Crippen molar-refractivity contribution in [1.29, 1.82) is 0 Å². The van der Waals surface area contributed by atoms with Crippen molar-refractivity contribution in [3.63, 3.8) is 0 Å². The Morgan fingerprint density at radius 3 is 2.70 bits per heavy atom. The van der Waals surface area contributed by atoms with Crippen LogP contribution in [0.25, 0.3) is 10.9 Å². The molecule has 3 heterocycles. The SMILES string of the molecule is Cc1nc(C)n(CC(=O)N2CCc3c([nH]c4ccccc34)[C@@H]2c2ccccc2F)n1. The van der Waals surface area contributed by atoms with E-state index in [0.29, 0.717) is 30.2 Å². The van der Waals surface area contributed by atoms with Crippen molar-refractivity contribution >= 4 is 16.8 Å². The molecule has 30 heavy (non-hydrogen) atoms. The molecule has 0 saturated heterocycles. The topological polar surface area (TPSA) is 66.8 Å². The van der Waals surface area contributed by atoms with Crippen molar-refractivity contribution in [2.45, 2.75) is 32.9 Å². The van der Waals surface area contributed by atoms with E-state index in [2.05, 4.69) is 21.1 Å². The number of carbonyl (C=O) groups is 1. The lowest BCUT2D eigenvalue weighted by Crippen LogP contribution is -2.42. The van der Waals surface area contributed by atoms with Gasteiger partial charge in [0.1, 0.15) is 30.1 Å². The molecule has 0 spiro atoms. The Hall–Kier alpha value is -3.48. The Kier molecular flexibility index (Phi) is 4.38. The number of fused-ring (bicyclic) bond motifs is 3. The average Bonchev–Trinajstić information content (AvgIpc) is 3.26. The van der Waals surface area contributed by atoms with Crippen LogP contribution in [0.15, 0.2) is 48.5 Å². The van der Waals surface area contributed by atoms with Gasteiger partial charge in [-0.15, -0.1) is 0 Å². The molecule has 6 nitrogen and oxygen atoms in total. The van der Waals surface area contributed by atoms with Crippen LogP contribution in [0.2, 0.25) is 0 Å². The Balaban J connectivity index is 1.61. The lowest BCUT2D eigenvalue weighted by molar-refractivity contribution is -0.134. The Morgan fingerprint density at radius 2 is 1.93 bits per heavy atom. The maximum absolute atomic E-state index is 14.9. The smallest absolute Gasteiger partial charge is 0.245 e. The molecule has 1 amide bonds. The largest absolute Gasteiger partial charge is 0.356 e. The van der Waals surface area contributed by atoms with Gasteiger partial charge in [-0.05, 0) is 38.0 Å². The summed E-state index contributed by atoms with van der Waals surface area (Å²) in [6.07, 6.45) is 0.714. The molecule has 1 N–H and O–H groups in total. The molecule has 0 fully saturated rings. The second-order valence-electron chi connectivity index (χ2n) is 7.69. The van der Waals surface area contributed by atoms with Gasteiger partial charge in [-0.2, -0.15) is 5.10 Å². The fourth-order valence-electron chi connectivity index (χ4n) is 4.46. The van der Waals surface area contributed by atoms with Gasteiger partial charge in [0.15, 0.2) is 0 Å².